The molecule has 0 saturated heterocycles. The highest BCUT2D eigenvalue weighted by atomic mass is 16.5. The topological polar surface area (TPSA) is 61.2 Å². The molecule has 0 spiro atoms. The van der Waals surface area contributed by atoms with E-state index in [2.05, 4.69) is 17.2 Å². The molecule has 1 aliphatic rings. The summed E-state index contributed by atoms with van der Waals surface area (Å²) < 4.78 is 6.66. The molecule has 1 fully saturated rings. The quantitative estimate of drug-likeness (QED) is 0.493. The van der Waals surface area contributed by atoms with Gasteiger partial charge in [-0.15, -0.1) is 0 Å². The maximum atomic E-state index is 12.1. The lowest BCUT2D eigenvalue weighted by Gasteiger charge is -2.13. The van der Waals surface area contributed by atoms with Crippen LogP contribution in [0.4, 0.5) is 0 Å². The lowest BCUT2D eigenvalue weighted by Crippen LogP contribution is -2.08. The van der Waals surface area contributed by atoms with Crippen molar-refractivity contribution in [3.05, 3.63) is 82.7 Å². The third-order valence-corrected chi connectivity index (χ3v) is 4.96. The summed E-state index contributed by atoms with van der Waals surface area (Å²) in [7, 11) is 1.33. The molecule has 0 atom stereocenters. The monoisotopic (exact) mass is 360 g/mol. The summed E-state index contributed by atoms with van der Waals surface area (Å²) in [6.07, 6.45) is 7.34. The number of aldehydes is 1. The molecule has 4 rings (SSSR count). The van der Waals surface area contributed by atoms with Crippen LogP contribution in [0.1, 0.15) is 56.2 Å². The molecular formula is C22H20N2O3. The van der Waals surface area contributed by atoms with E-state index in [0.29, 0.717) is 23.5 Å². The number of nitrogens with zero attached hydrogens (tertiary/aromatic N) is 2. The molecule has 1 aliphatic carbocycles. The molecule has 1 saturated carbocycles. The lowest BCUT2D eigenvalue weighted by atomic mass is 9.92. The van der Waals surface area contributed by atoms with Gasteiger partial charge < -0.3 is 4.74 Å². The van der Waals surface area contributed by atoms with Crippen molar-refractivity contribution >= 4 is 12.3 Å². The molecule has 5 heteroatoms. The minimum atomic E-state index is -0.477. The Balaban J connectivity index is 1.68. The van der Waals surface area contributed by atoms with Crippen molar-refractivity contribution in [2.24, 2.45) is 0 Å². The van der Waals surface area contributed by atoms with E-state index in [4.69, 9.17) is 4.74 Å². The second-order valence-corrected chi connectivity index (χ2v) is 6.82. The van der Waals surface area contributed by atoms with Gasteiger partial charge in [-0.1, -0.05) is 12.1 Å². The fourth-order valence-corrected chi connectivity index (χ4v) is 3.40. The molecule has 0 aliphatic heterocycles. The van der Waals surface area contributed by atoms with E-state index in [1.165, 1.54) is 12.7 Å². The molecule has 3 aromatic rings. The zero-order valence-electron chi connectivity index (χ0n) is 15.1. The second-order valence-electron chi connectivity index (χ2n) is 6.82. The SMILES string of the molecule is COC(=O)c1cc(Cc2ccc(-n3cccn3)cc2)c(C2CC2)cc1C=O. The maximum absolute atomic E-state index is 12.1. The van der Waals surface area contributed by atoms with E-state index < -0.39 is 5.97 Å². The number of rotatable bonds is 6. The number of hydrogen-bond donors (Lipinski definition) is 0. The first-order valence-corrected chi connectivity index (χ1v) is 8.99. The van der Waals surface area contributed by atoms with Crippen LogP contribution in [0.25, 0.3) is 5.69 Å². The van der Waals surface area contributed by atoms with Crippen LogP contribution in [0.15, 0.2) is 54.9 Å². The molecule has 0 unspecified atom stereocenters. The number of esters is 1. The van der Waals surface area contributed by atoms with E-state index in [9.17, 15) is 9.59 Å². The minimum absolute atomic E-state index is 0.333. The minimum Gasteiger partial charge on any atom is -0.465 e. The molecule has 136 valence electrons. The summed E-state index contributed by atoms with van der Waals surface area (Å²) in [6.45, 7) is 0. The number of ether oxygens (including phenoxy) is 1. The Hall–Kier alpha value is -3.21. The van der Waals surface area contributed by atoms with Crippen molar-refractivity contribution in [1.82, 2.24) is 9.78 Å². The highest BCUT2D eigenvalue weighted by molar-refractivity contribution is 5.98. The van der Waals surface area contributed by atoms with E-state index in [-0.39, 0.29) is 0 Å². The van der Waals surface area contributed by atoms with Crippen LogP contribution in [0.2, 0.25) is 0 Å². The molecule has 0 amide bonds. The first-order valence-electron chi connectivity index (χ1n) is 8.99. The summed E-state index contributed by atoms with van der Waals surface area (Å²) in [5.41, 5.74) is 5.12. The van der Waals surface area contributed by atoms with Crippen LogP contribution in [-0.2, 0) is 11.2 Å². The Labute approximate surface area is 157 Å². The first kappa shape index (κ1) is 17.2. The number of carbonyl (C=O) groups excluding carboxylic acids is 2. The van der Waals surface area contributed by atoms with Crippen molar-refractivity contribution in [2.45, 2.75) is 25.2 Å². The number of hydrogen-bond acceptors (Lipinski definition) is 4. The predicted octanol–water partition coefficient (Wildman–Crippen LogP) is 3.94. The largest absolute Gasteiger partial charge is 0.465 e. The van der Waals surface area contributed by atoms with Crippen molar-refractivity contribution in [3.8, 4) is 5.69 Å². The molecule has 0 bridgehead atoms. The molecule has 0 radical (unpaired) electrons. The molecule has 0 N–H and O–H groups in total. The van der Waals surface area contributed by atoms with Gasteiger partial charge in [0.05, 0.1) is 18.4 Å². The summed E-state index contributed by atoms with van der Waals surface area (Å²) in [5, 5.41) is 4.24. The van der Waals surface area contributed by atoms with E-state index in [0.717, 1.165) is 35.9 Å². The average Bonchev–Trinajstić information content (AvgIpc) is 3.41. The van der Waals surface area contributed by atoms with Crippen LogP contribution in [0.3, 0.4) is 0 Å². The lowest BCUT2D eigenvalue weighted by molar-refractivity contribution is 0.0598. The molecule has 1 aromatic heterocycles. The first-order chi connectivity index (χ1) is 13.2. The highest BCUT2D eigenvalue weighted by Gasteiger charge is 2.28. The molecule has 5 nitrogen and oxygen atoms in total. The van der Waals surface area contributed by atoms with Gasteiger partial charge in [0.1, 0.15) is 0 Å². The summed E-state index contributed by atoms with van der Waals surface area (Å²) in [5.74, 6) is 0.00321. The third-order valence-electron chi connectivity index (χ3n) is 4.96. The van der Waals surface area contributed by atoms with E-state index in [1.807, 2.05) is 41.2 Å². The molecule has 1 heterocycles. The van der Waals surface area contributed by atoms with Crippen LogP contribution in [-0.4, -0.2) is 29.1 Å². The van der Waals surface area contributed by atoms with Crippen molar-refractivity contribution < 1.29 is 14.3 Å². The smallest absolute Gasteiger partial charge is 0.338 e. The Bertz CT molecular complexity index is 972. The van der Waals surface area contributed by atoms with Crippen molar-refractivity contribution in [1.29, 1.82) is 0 Å². The maximum Gasteiger partial charge on any atom is 0.338 e. The van der Waals surface area contributed by atoms with Crippen LogP contribution in [0, 0.1) is 0 Å². The summed E-state index contributed by atoms with van der Waals surface area (Å²) >= 11 is 0. The zero-order valence-corrected chi connectivity index (χ0v) is 15.1. The van der Waals surface area contributed by atoms with Crippen LogP contribution in [0.5, 0.6) is 0 Å². The third kappa shape index (κ3) is 3.53. The zero-order chi connectivity index (χ0) is 18.8. The fourth-order valence-electron chi connectivity index (χ4n) is 3.40. The number of carbonyl (C=O) groups is 2. The van der Waals surface area contributed by atoms with E-state index in [1.54, 1.807) is 6.20 Å². The number of methoxy groups -OCH3 is 1. The Morgan fingerprint density at radius 2 is 2.04 bits per heavy atom. The summed E-state index contributed by atoms with van der Waals surface area (Å²) in [4.78, 5) is 23.5. The van der Waals surface area contributed by atoms with Gasteiger partial charge in [-0.2, -0.15) is 5.10 Å². The van der Waals surface area contributed by atoms with E-state index >= 15 is 0 Å². The Morgan fingerprint density at radius 3 is 2.63 bits per heavy atom. The standard InChI is InChI=1S/C22H20N2O3/c1-27-22(26)21-12-17(20(16-5-6-16)13-18(21)14-25)11-15-3-7-19(8-4-15)24-10-2-9-23-24/h2-4,7-10,12-14,16H,5-6,11H2,1H3. The fraction of sp³-hybridized carbons (Fsp3) is 0.227. The molecule has 2 aromatic carbocycles. The number of aromatic nitrogens is 2. The van der Waals surface area contributed by atoms with Gasteiger partial charge in [0, 0.05) is 18.0 Å². The van der Waals surface area contributed by atoms with Gasteiger partial charge in [-0.3, -0.25) is 4.79 Å². The van der Waals surface area contributed by atoms with Gasteiger partial charge >= 0.3 is 5.97 Å². The Morgan fingerprint density at radius 1 is 1.26 bits per heavy atom. The molecule has 27 heavy (non-hydrogen) atoms. The highest BCUT2D eigenvalue weighted by Crippen LogP contribution is 2.43. The normalized spacial score (nSPS) is 13.4. The van der Waals surface area contributed by atoms with Gasteiger partial charge in [0.2, 0.25) is 0 Å². The van der Waals surface area contributed by atoms with Crippen LogP contribution >= 0.6 is 0 Å². The van der Waals surface area contributed by atoms with Crippen LogP contribution < -0.4 is 0 Å². The molecular weight excluding hydrogens is 340 g/mol. The Kier molecular flexibility index (Phi) is 4.59. The van der Waals surface area contributed by atoms with Crippen molar-refractivity contribution in [3.63, 3.8) is 0 Å². The number of benzene rings is 2. The van der Waals surface area contributed by atoms with Gasteiger partial charge in [-0.05, 0) is 72.2 Å². The van der Waals surface area contributed by atoms with Gasteiger partial charge in [0.15, 0.2) is 6.29 Å². The average molecular weight is 360 g/mol. The second kappa shape index (κ2) is 7.19. The van der Waals surface area contributed by atoms with Crippen molar-refractivity contribution in [2.75, 3.05) is 7.11 Å². The predicted molar refractivity (Wildman–Crippen MR) is 102 cm³/mol. The van der Waals surface area contributed by atoms with Gasteiger partial charge in [0.25, 0.3) is 0 Å². The summed E-state index contributed by atoms with van der Waals surface area (Å²) in [6, 6.07) is 13.8. The van der Waals surface area contributed by atoms with Gasteiger partial charge in [-0.25, -0.2) is 9.48 Å².